The molecule has 25 heavy (non-hydrogen) atoms. The zero-order valence-electron chi connectivity index (χ0n) is 14.1. The van der Waals surface area contributed by atoms with Gasteiger partial charge in [0.15, 0.2) is 0 Å². The van der Waals surface area contributed by atoms with Crippen LogP contribution in [0, 0.1) is 6.92 Å². The number of aryl methyl sites for hydroxylation is 1. The van der Waals surface area contributed by atoms with Gasteiger partial charge in [-0.3, -0.25) is 0 Å². The van der Waals surface area contributed by atoms with E-state index in [0.717, 1.165) is 27.3 Å². The average molecular weight is 399 g/mol. The summed E-state index contributed by atoms with van der Waals surface area (Å²) in [6.07, 6.45) is 1.73. The fraction of sp³-hybridized carbons (Fsp3) is 0.158. The Bertz CT molecular complexity index is 852. The van der Waals surface area contributed by atoms with Crippen molar-refractivity contribution in [2.75, 3.05) is 17.7 Å². The first kappa shape index (κ1) is 17.2. The van der Waals surface area contributed by atoms with Crippen LogP contribution in [0.3, 0.4) is 0 Å². The van der Waals surface area contributed by atoms with Crippen LogP contribution >= 0.6 is 15.9 Å². The van der Waals surface area contributed by atoms with Crippen molar-refractivity contribution >= 4 is 33.4 Å². The molecule has 3 rings (SSSR count). The number of rotatable bonds is 6. The molecule has 0 saturated heterocycles. The van der Waals surface area contributed by atoms with Gasteiger partial charge in [-0.25, -0.2) is 4.98 Å². The summed E-state index contributed by atoms with van der Waals surface area (Å²) in [6, 6.07) is 15.8. The van der Waals surface area contributed by atoms with Gasteiger partial charge in [0.25, 0.3) is 0 Å². The van der Waals surface area contributed by atoms with Crippen LogP contribution in [0.2, 0.25) is 0 Å². The minimum atomic E-state index is 0.576. The van der Waals surface area contributed by atoms with Gasteiger partial charge in [0, 0.05) is 22.9 Å². The minimum Gasteiger partial charge on any atom is -0.497 e. The number of halogens is 1. The third-order valence-electron chi connectivity index (χ3n) is 3.71. The van der Waals surface area contributed by atoms with Crippen LogP contribution in [0.25, 0.3) is 0 Å². The highest BCUT2D eigenvalue weighted by Crippen LogP contribution is 2.23. The fourth-order valence-corrected chi connectivity index (χ4v) is 2.64. The number of benzene rings is 2. The zero-order chi connectivity index (χ0) is 17.6. The minimum absolute atomic E-state index is 0.576. The molecule has 1 aromatic heterocycles. The van der Waals surface area contributed by atoms with Crippen molar-refractivity contribution < 1.29 is 4.74 Å². The largest absolute Gasteiger partial charge is 0.497 e. The molecule has 0 aliphatic rings. The highest BCUT2D eigenvalue weighted by Gasteiger charge is 2.02. The van der Waals surface area contributed by atoms with Crippen molar-refractivity contribution in [2.45, 2.75) is 13.5 Å². The highest BCUT2D eigenvalue weighted by atomic mass is 79.9. The quantitative estimate of drug-likeness (QED) is 0.617. The predicted octanol–water partition coefficient (Wildman–Crippen LogP) is 4.91. The van der Waals surface area contributed by atoms with Gasteiger partial charge in [-0.2, -0.15) is 4.98 Å². The molecular weight excluding hydrogens is 380 g/mol. The number of anilines is 3. The molecule has 0 amide bonds. The van der Waals surface area contributed by atoms with Crippen molar-refractivity contribution in [1.82, 2.24) is 9.97 Å². The van der Waals surface area contributed by atoms with E-state index in [4.69, 9.17) is 4.74 Å². The summed E-state index contributed by atoms with van der Waals surface area (Å²) in [4.78, 5) is 8.76. The van der Waals surface area contributed by atoms with Crippen molar-refractivity contribution in [3.63, 3.8) is 0 Å². The number of hydrogen-bond donors (Lipinski definition) is 2. The van der Waals surface area contributed by atoms with Crippen molar-refractivity contribution in [1.29, 1.82) is 0 Å². The van der Waals surface area contributed by atoms with Gasteiger partial charge in [0.05, 0.1) is 7.11 Å². The Hall–Kier alpha value is -2.60. The standard InChI is InChI=1S/C19H19BrN4O/c1-13-3-6-15(11-17(13)20)23-18-9-10-21-19(24-18)22-12-14-4-7-16(25-2)8-5-14/h3-11H,12H2,1-2H3,(H2,21,22,23,24). The first-order valence-electron chi connectivity index (χ1n) is 7.87. The van der Waals surface area contributed by atoms with E-state index in [1.165, 1.54) is 5.56 Å². The normalized spacial score (nSPS) is 10.4. The van der Waals surface area contributed by atoms with Gasteiger partial charge in [-0.1, -0.05) is 34.1 Å². The van der Waals surface area contributed by atoms with Crippen LogP contribution in [0.15, 0.2) is 59.2 Å². The number of hydrogen-bond acceptors (Lipinski definition) is 5. The smallest absolute Gasteiger partial charge is 0.224 e. The molecule has 6 heteroatoms. The summed E-state index contributed by atoms with van der Waals surface area (Å²) in [7, 11) is 1.66. The maximum absolute atomic E-state index is 5.16. The third-order valence-corrected chi connectivity index (χ3v) is 4.56. The molecule has 0 unspecified atom stereocenters. The second-order valence-electron chi connectivity index (χ2n) is 5.56. The van der Waals surface area contributed by atoms with Crippen molar-refractivity contribution in [2.24, 2.45) is 0 Å². The number of nitrogens with one attached hydrogen (secondary N) is 2. The van der Waals surface area contributed by atoms with Gasteiger partial charge < -0.3 is 15.4 Å². The first-order chi connectivity index (χ1) is 12.1. The Kier molecular flexibility index (Phi) is 5.50. The highest BCUT2D eigenvalue weighted by molar-refractivity contribution is 9.10. The lowest BCUT2D eigenvalue weighted by molar-refractivity contribution is 0.414. The molecule has 0 bridgehead atoms. The molecule has 2 N–H and O–H groups in total. The number of nitrogens with zero attached hydrogens (tertiary/aromatic N) is 2. The Labute approximate surface area is 155 Å². The van der Waals surface area contributed by atoms with Gasteiger partial charge in [-0.05, 0) is 48.4 Å². The summed E-state index contributed by atoms with van der Waals surface area (Å²) in [5.74, 6) is 2.16. The van der Waals surface area contributed by atoms with Gasteiger partial charge >= 0.3 is 0 Å². The Morgan fingerprint density at radius 3 is 2.60 bits per heavy atom. The Morgan fingerprint density at radius 2 is 1.88 bits per heavy atom. The lowest BCUT2D eigenvalue weighted by Crippen LogP contribution is -2.05. The molecule has 0 atom stereocenters. The van der Waals surface area contributed by atoms with Crippen LogP contribution in [0.4, 0.5) is 17.5 Å². The predicted molar refractivity (Wildman–Crippen MR) is 105 cm³/mol. The lowest BCUT2D eigenvalue weighted by atomic mass is 10.2. The van der Waals surface area contributed by atoms with Crippen LogP contribution in [0.1, 0.15) is 11.1 Å². The lowest BCUT2D eigenvalue weighted by Gasteiger charge is -2.10. The van der Waals surface area contributed by atoms with Crippen LogP contribution in [-0.2, 0) is 6.54 Å². The van der Waals surface area contributed by atoms with E-state index >= 15 is 0 Å². The molecule has 2 aromatic carbocycles. The molecule has 0 saturated carbocycles. The zero-order valence-corrected chi connectivity index (χ0v) is 15.7. The number of methoxy groups -OCH3 is 1. The fourth-order valence-electron chi connectivity index (χ4n) is 2.26. The summed E-state index contributed by atoms with van der Waals surface area (Å²) < 4.78 is 6.22. The molecule has 1 heterocycles. The Morgan fingerprint density at radius 1 is 1.08 bits per heavy atom. The van der Waals surface area contributed by atoms with E-state index < -0.39 is 0 Å². The summed E-state index contributed by atoms with van der Waals surface area (Å²) in [5.41, 5.74) is 3.29. The number of aromatic nitrogens is 2. The van der Waals surface area contributed by atoms with E-state index in [-0.39, 0.29) is 0 Å². The molecule has 3 aromatic rings. The van der Waals surface area contributed by atoms with Crippen LogP contribution in [-0.4, -0.2) is 17.1 Å². The first-order valence-corrected chi connectivity index (χ1v) is 8.66. The van der Waals surface area contributed by atoms with E-state index in [0.29, 0.717) is 12.5 Å². The van der Waals surface area contributed by atoms with Crippen LogP contribution < -0.4 is 15.4 Å². The number of ether oxygens (including phenoxy) is 1. The molecule has 0 fully saturated rings. The Balaban J connectivity index is 1.65. The second kappa shape index (κ2) is 7.98. The average Bonchev–Trinajstić information content (AvgIpc) is 2.64. The molecule has 0 spiro atoms. The van der Waals surface area contributed by atoms with E-state index in [1.54, 1.807) is 13.3 Å². The van der Waals surface area contributed by atoms with Crippen molar-refractivity contribution in [3.8, 4) is 5.75 Å². The van der Waals surface area contributed by atoms with Gasteiger partial charge in [0.1, 0.15) is 11.6 Å². The third kappa shape index (κ3) is 4.70. The molecular formula is C19H19BrN4O. The second-order valence-corrected chi connectivity index (χ2v) is 6.41. The molecule has 128 valence electrons. The summed E-state index contributed by atoms with van der Waals surface area (Å²) in [5, 5.41) is 6.52. The van der Waals surface area contributed by atoms with E-state index in [1.807, 2.05) is 42.5 Å². The molecule has 0 radical (unpaired) electrons. The maximum atomic E-state index is 5.16. The summed E-state index contributed by atoms with van der Waals surface area (Å²) in [6.45, 7) is 2.70. The van der Waals surface area contributed by atoms with Crippen molar-refractivity contribution in [3.05, 3.63) is 70.3 Å². The monoisotopic (exact) mass is 398 g/mol. The molecule has 0 aliphatic heterocycles. The molecule has 0 aliphatic carbocycles. The van der Waals surface area contributed by atoms with Gasteiger partial charge in [-0.15, -0.1) is 0 Å². The van der Waals surface area contributed by atoms with E-state index in [9.17, 15) is 0 Å². The van der Waals surface area contributed by atoms with Gasteiger partial charge in [0.2, 0.25) is 5.95 Å². The SMILES string of the molecule is COc1ccc(CNc2nccc(Nc3ccc(C)c(Br)c3)n2)cc1. The maximum Gasteiger partial charge on any atom is 0.224 e. The summed E-state index contributed by atoms with van der Waals surface area (Å²) >= 11 is 3.54. The molecule has 5 nitrogen and oxygen atoms in total. The van der Waals surface area contributed by atoms with Crippen LogP contribution in [0.5, 0.6) is 5.75 Å². The topological polar surface area (TPSA) is 59.1 Å². The van der Waals surface area contributed by atoms with E-state index in [2.05, 4.69) is 49.5 Å².